The van der Waals surface area contributed by atoms with E-state index in [0.717, 1.165) is 19.6 Å². The monoisotopic (exact) mass is 222 g/mol. The van der Waals surface area contributed by atoms with E-state index in [9.17, 15) is 4.79 Å². The zero-order valence-corrected chi connectivity index (χ0v) is 10.1. The fourth-order valence-electron chi connectivity index (χ4n) is 2.08. The zero-order valence-electron chi connectivity index (χ0n) is 10.1. The van der Waals surface area contributed by atoms with Crippen molar-refractivity contribution in [2.45, 2.75) is 6.04 Å². The first-order valence-electron chi connectivity index (χ1n) is 5.50. The van der Waals surface area contributed by atoms with Crippen molar-refractivity contribution in [1.29, 1.82) is 0 Å². The quantitative estimate of drug-likeness (QED) is 0.653. The van der Waals surface area contributed by atoms with Gasteiger partial charge in [0.1, 0.15) is 5.69 Å². The molecule has 2 heterocycles. The van der Waals surface area contributed by atoms with Crippen molar-refractivity contribution in [2.75, 3.05) is 33.7 Å². The van der Waals surface area contributed by atoms with E-state index in [0.29, 0.717) is 5.69 Å². The first kappa shape index (κ1) is 11.3. The number of hydrogen-bond donors (Lipinski definition) is 0. The van der Waals surface area contributed by atoms with E-state index in [1.54, 1.807) is 24.0 Å². The number of rotatable bonds is 2. The van der Waals surface area contributed by atoms with Crippen molar-refractivity contribution in [3.63, 3.8) is 0 Å². The number of aryl methyl sites for hydroxylation is 1. The van der Waals surface area contributed by atoms with Gasteiger partial charge in [0.15, 0.2) is 5.78 Å². The molecular formula is C11H18N4O. The van der Waals surface area contributed by atoms with Crippen LogP contribution >= 0.6 is 0 Å². The number of likely N-dealkylation sites (N-methyl/N-ethyl adjacent to an activating group) is 2. The molecule has 0 bridgehead atoms. The molecule has 0 aromatic carbocycles. The maximum Gasteiger partial charge on any atom is 0.199 e. The van der Waals surface area contributed by atoms with Crippen LogP contribution in [0.4, 0.5) is 0 Å². The second-order valence-corrected chi connectivity index (χ2v) is 4.46. The number of carbonyl (C=O) groups excluding carboxylic acids is 1. The molecule has 0 N–H and O–H groups in total. The van der Waals surface area contributed by atoms with Gasteiger partial charge in [0.05, 0.1) is 6.04 Å². The number of nitrogens with zero attached hydrogens (tertiary/aromatic N) is 4. The van der Waals surface area contributed by atoms with Crippen LogP contribution in [0.5, 0.6) is 0 Å². The van der Waals surface area contributed by atoms with Gasteiger partial charge >= 0.3 is 0 Å². The van der Waals surface area contributed by atoms with Crippen LogP contribution in [0.15, 0.2) is 12.3 Å². The van der Waals surface area contributed by atoms with E-state index in [1.165, 1.54) is 0 Å². The molecule has 1 unspecified atom stereocenters. The van der Waals surface area contributed by atoms with Gasteiger partial charge in [-0.25, -0.2) is 0 Å². The Balaban J connectivity index is 2.18. The summed E-state index contributed by atoms with van der Waals surface area (Å²) in [6.07, 6.45) is 1.67. The predicted octanol–water partition coefficient (Wildman–Crippen LogP) is -0.151. The Hall–Kier alpha value is -1.20. The lowest BCUT2D eigenvalue weighted by Gasteiger charge is -2.36. The Bertz CT molecular complexity index is 387. The Kier molecular flexibility index (Phi) is 3.07. The molecule has 0 amide bonds. The fourth-order valence-corrected chi connectivity index (χ4v) is 2.08. The molecule has 16 heavy (non-hydrogen) atoms. The number of carbonyl (C=O) groups is 1. The summed E-state index contributed by atoms with van der Waals surface area (Å²) in [5.41, 5.74) is 0.687. The first-order valence-corrected chi connectivity index (χ1v) is 5.50. The molecule has 1 aliphatic heterocycles. The van der Waals surface area contributed by atoms with Gasteiger partial charge < -0.3 is 4.90 Å². The Morgan fingerprint density at radius 2 is 2.12 bits per heavy atom. The molecule has 1 fully saturated rings. The largest absolute Gasteiger partial charge is 0.303 e. The summed E-state index contributed by atoms with van der Waals surface area (Å²) in [6, 6.07) is 1.74. The highest BCUT2D eigenvalue weighted by Gasteiger charge is 2.30. The van der Waals surface area contributed by atoms with Crippen LogP contribution in [0.2, 0.25) is 0 Å². The molecule has 0 spiro atoms. The number of piperazine rings is 1. The van der Waals surface area contributed by atoms with Crippen molar-refractivity contribution in [1.82, 2.24) is 19.6 Å². The highest BCUT2D eigenvalue weighted by atomic mass is 16.1. The van der Waals surface area contributed by atoms with Gasteiger partial charge in [0, 0.05) is 32.9 Å². The van der Waals surface area contributed by atoms with Gasteiger partial charge in [-0.1, -0.05) is 0 Å². The summed E-state index contributed by atoms with van der Waals surface area (Å²) < 4.78 is 1.64. The van der Waals surface area contributed by atoms with Crippen LogP contribution in [0.1, 0.15) is 10.5 Å². The van der Waals surface area contributed by atoms with Crippen molar-refractivity contribution in [3.8, 4) is 0 Å². The summed E-state index contributed by atoms with van der Waals surface area (Å²) >= 11 is 0. The van der Waals surface area contributed by atoms with Crippen LogP contribution in [-0.4, -0.2) is 65.1 Å². The molecule has 0 radical (unpaired) electrons. The first-order chi connectivity index (χ1) is 7.59. The van der Waals surface area contributed by atoms with Gasteiger partial charge in [-0.3, -0.25) is 14.4 Å². The molecule has 1 aliphatic rings. The minimum absolute atomic E-state index is 0.0471. The molecule has 5 nitrogen and oxygen atoms in total. The second-order valence-electron chi connectivity index (χ2n) is 4.46. The average molecular weight is 222 g/mol. The highest BCUT2D eigenvalue weighted by molar-refractivity contribution is 5.98. The summed E-state index contributed by atoms with van der Waals surface area (Å²) in [4.78, 5) is 16.6. The minimum atomic E-state index is -0.0471. The lowest BCUT2D eigenvalue weighted by atomic mass is 10.1. The molecule has 5 heteroatoms. The highest BCUT2D eigenvalue weighted by Crippen LogP contribution is 2.12. The molecule has 88 valence electrons. The second kappa shape index (κ2) is 4.35. The zero-order chi connectivity index (χ0) is 11.7. The lowest BCUT2D eigenvalue weighted by Crippen LogP contribution is -2.53. The number of Topliss-reactive ketones (excluding diaryl/α,β-unsaturated/α-hetero) is 1. The van der Waals surface area contributed by atoms with Crippen LogP contribution in [0, 0.1) is 0 Å². The van der Waals surface area contributed by atoms with Gasteiger partial charge in [-0.15, -0.1) is 0 Å². The van der Waals surface area contributed by atoms with Crippen LogP contribution in [0.3, 0.4) is 0 Å². The standard InChI is InChI=1S/C11H18N4O/c1-13-6-7-14(2)10(8-13)11(16)9-4-5-12-15(9)3/h4-5,10H,6-8H2,1-3H3. The number of hydrogen-bond acceptors (Lipinski definition) is 4. The van der Waals surface area contributed by atoms with Gasteiger partial charge in [0.2, 0.25) is 0 Å². The number of ketones is 1. The van der Waals surface area contributed by atoms with Gasteiger partial charge in [0.25, 0.3) is 0 Å². The molecule has 1 atom stereocenters. The van der Waals surface area contributed by atoms with Gasteiger partial charge in [-0.2, -0.15) is 5.10 Å². The van der Waals surface area contributed by atoms with Crippen molar-refractivity contribution < 1.29 is 4.79 Å². The van der Waals surface area contributed by atoms with E-state index >= 15 is 0 Å². The summed E-state index contributed by atoms with van der Waals surface area (Å²) in [5, 5.41) is 4.04. The summed E-state index contributed by atoms with van der Waals surface area (Å²) in [6.45, 7) is 2.75. The lowest BCUT2D eigenvalue weighted by molar-refractivity contribution is 0.0677. The van der Waals surface area contributed by atoms with Crippen molar-refractivity contribution in [3.05, 3.63) is 18.0 Å². The third kappa shape index (κ3) is 2.01. The van der Waals surface area contributed by atoms with E-state index in [2.05, 4.69) is 21.9 Å². The van der Waals surface area contributed by atoms with Crippen LogP contribution in [-0.2, 0) is 7.05 Å². The molecule has 0 aliphatic carbocycles. The average Bonchev–Trinajstić information content (AvgIpc) is 2.67. The molecular weight excluding hydrogens is 204 g/mol. The Morgan fingerprint density at radius 1 is 1.38 bits per heavy atom. The Morgan fingerprint density at radius 3 is 2.75 bits per heavy atom. The normalized spacial score (nSPS) is 23.6. The molecule has 2 rings (SSSR count). The van der Waals surface area contributed by atoms with Crippen molar-refractivity contribution in [2.24, 2.45) is 7.05 Å². The third-order valence-corrected chi connectivity index (χ3v) is 3.23. The predicted molar refractivity (Wildman–Crippen MR) is 61.5 cm³/mol. The molecule has 1 aromatic rings. The Labute approximate surface area is 95.6 Å². The molecule has 1 aromatic heterocycles. The van der Waals surface area contributed by atoms with Crippen LogP contribution in [0.25, 0.3) is 0 Å². The number of aromatic nitrogens is 2. The summed E-state index contributed by atoms with van der Waals surface area (Å²) in [7, 11) is 5.86. The minimum Gasteiger partial charge on any atom is -0.303 e. The fraction of sp³-hybridized carbons (Fsp3) is 0.636. The third-order valence-electron chi connectivity index (χ3n) is 3.23. The van der Waals surface area contributed by atoms with E-state index in [1.807, 2.05) is 7.05 Å². The molecule has 0 saturated carbocycles. The van der Waals surface area contributed by atoms with E-state index in [-0.39, 0.29) is 11.8 Å². The van der Waals surface area contributed by atoms with E-state index < -0.39 is 0 Å². The smallest absolute Gasteiger partial charge is 0.199 e. The van der Waals surface area contributed by atoms with Crippen LogP contribution < -0.4 is 0 Å². The van der Waals surface area contributed by atoms with Crippen molar-refractivity contribution >= 4 is 5.78 Å². The SMILES string of the molecule is CN1CCN(C)C(C(=O)c2ccnn2C)C1. The van der Waals surface area contributed by atoms with Gasteiger partial charge in [-0.05, 0) is 20.2 Å². The van der Waals surface area contributed by atoms with E-state index in [4.69, 9.17) is 0 Å². The topological polar surface area (TPSA) is 41.4 Å². The maximum absolute atomic E-state index is 12.3. The maximum atomic E-state index is 12.3. The summed E-state index contributed by atoms with van der Waals surface area (Å²) in [5.74, 6) is 0.161. The molecule has 1 saturated heterocycles.